The van der Waals surface area contributed by atoms with Crippen LogP contribution in [0.2, 0.25) is 0 Å². The Balaban J connectivity index is 0.00000144. The number of nitrogens with zero attached hydrogens (tertiary/aromatic N) is 2. The number of rotatable bonds is 4. The Morgan fingerprint density at radius 2 is 1.79 bits per heavy atom. The first kappa shape index (κ1) is 21.6. The minimum Gasteiger partial charge on any atom is -0.317 e. The molecule has 1 aliphatic heterocycles. The number of thiazole rings is 1. The molecule has 1 aliphatic carbocycles. The van der Waals surface area contributed by atoms with Crippen molar-refractivity contribution in [2.75, 3.05) is 18.4 Å². The van der Waals surface area contributed by atoms with Crippen LogP contribution < -0.4 is 11.1 Å². The molecular formula is C16H28Cl2N4OS. The van der Waals surface area contributed by atoms with Crippen LogP contribution in [0.3, 0.4) is 0 Å². The predicted molar refractivity (Wildman–Crippen MR) is 104 cm³/mol. The molecule has 2 fully saturated rings. The molecule has 0 bridgehead atoms. The second kappa shape index (κ2) is 9.92. The molecule has 1 saturated heterocycles. The largest absolute Gasteiger partial charge is 0.317 e. The lowest BCUT2D eigenvalue weighted by atomic mass is 9.82. The Bertz CT molecular complexity index is 514. The molecule has 3 rings (SSSR count). The van der Waals surface area contributed by atoms with Crippen molar-refractivity contribution in [2.45, 2.75) is 63.5 Å². The number of amides is 1. The molecule has 0 spiro atoms. The van der Waals surface area contributed by atoms with Crippen LogP contribution in [-0.4, -0.2) is 34.4 Å². The van der Waals surface area contributed by atoms with Crippen LogP contribution in [0.4, 0.5) is 5.13 Å². The number of carbonyl (C=O) groups excluding carboxylic acids is 1. The quantitative estimate of drug-likeness (QED) is 0.818. The van der Waals surface area contributed by atoms with E-state index in [9.17, 15) is 4.79 Å². The molecule has 2 heterocycles. The van der Waals surface area contributed by atoms with E-state index in [0.29, 0.717) is 5.13 Å². The van der Waals surface area contributed by atoms with Crippen LogP contribution in [0.5, 0.6) is 0 Å². The van der Waals surface area contributed by atoms with Gasteiger partial charge in [0, 0.05) is 11.9 Å². The Kier molecular flexibility index (Phi) is 8.95. The monoisotopic (exact) mass is 394 g/mol. The lowest BCUT2D eigenvalue weighted by Crippen LogP contribution is -2.52. The third-order valence-electron chi connectivity index (χ3n) is 4.80. The standard InChI is InChI=1S/C16H26N4OS.2ClH/c17-16(7-3-1-4-8-16)14(21)19-15-18-13(12-22-15)11-20-9-5-2-6-10-20;;/h12H,1-11,17H2,(H,18,19,21);2*1H. The van der Waals surface area contributed by atoms with E-state index in [0.717, 1.165) is 51.0 Å². The van der Waals surface area contributed by atoms with E-state index in [4.69, 9.17) is 5.73 Å². The Hall–Kier alpha value is -0.400. The van der Waals surface area contributed by atoms with E-state index in [-0.39, 0.29) is 30.7 Å². The molecule has 3 N–H and O–H groups in total. The smallest absolute Gasteiger partial charge is 0.246 e. The van der Waals surface area contributed by atoms with Gasteiger partial charge in [0.1, 0.15) is 0 Å². The number of hydrogen-bond acceptors (Lipinski definition) is 5. The molecule has 8 heteroatoms. The van der Waals surface area contributed by atoms with E-state index in [1.54, 1.807) is 0 Å². The molecule has 0 unspecified atom stereocenters. The summed E-state index contributed by atoms with van der Waals surface area (Å²) >= 11 is 1.50. The Labute approximate surface area is 160 Å². The SMILES string of the molecule is Cl.Cl.NC1(C(=O)Nc2nc(CN3CCCCC3)cs2)CCCCC1. The van der Waals surface area contributed by atoms with E-state index in [1.807, 2.05) is 5.38 Å². The molecule has 5 nitrogen and oxygen atoms in total. The van der Waals surface area contributed by atoms with Gasteiger partial charge in [0.15, 0.2) is 5.13 Å². The number of anilines is 1. The highest BCUT2D eigenvalue weighted by Crippen LogP contribution is 2.28. The third kappa shape index (κ3) is 5.56. The first-order valence-electron chi connectivity index (χ1n) is 8.43. The topological polar surface area (TPSA) is 71.2 Å². The maximum absolute atomic E-state index is 12.4. The highest BCUT2D eigenvalue weighted by Gasteiger charge is 2.35. The second-order valence-electron chi connectivity index (χ2n) is 6.65. The minimum atomic E-state index is -0.697. The average molecular weight is 395 g/mol. The van der Waals surface area contributed by atoms with Crippen molar-refractivity contribution in [3.8, 4) is 0 Å². The van der Waals surface area contributed by atoms with Gasteiger partial charge in [0.05, 0.1) is 11.2 Å². The van der Waals surface area contributed by atoms with Gasteiger partial charge in [-0.15, -0.1) is 36.2 Å². The van der Waals surface area contributed by atoms with Gasteiger partial charge < -0.3 is 11.1 Å². The first-order chi connectivity index (χ1) is 10.7. The molecule has 24 heavy (non-hydrogen) atoms. The molecular weight excluding hydrogens is 367 g/mol. The van der Waals surface area contributed by atoms with Gasteiger partial charge >= 0.3 is 0 Å². The summed E-state index contributed by atoms with van der Waals surface area (Å²) in [7, 11) is 0. The van der Waals surface area contributed by atoms with E-state index < -0.39 is 5.54 Å². The van der Waals surface area contributed by atoms with Crippen LogP contribution >= 0.6 is 36.2 Å². The summed E-state index contributed by atoms with van der Waals surface area (Å²) in [4.78, 5) is 19.4. The third-order valence-corrected chi connectivity index (χ3v) is 5.61. The van der Waals surface area contributed by atoms with Gasteiger partial charge in [0.25, 0.3) is 0 Å². The fraction of sp³-hybridized carbons (Fsp3) is 0.750. The highest BCUT2D eigenvalue weighted by molar-refractivity contribution is 7.13. The lowest BCUT2D eigenvalue weighted by Gasteiger charge is -2.31. The summed E-state index contributed by atoms with van der Waals surface area (Å²) in [6, 6.07) is 0. The first-order valence-corrected chi connectivity index (χ1v) is 9.31. The Morgan fingerprint density at radius 1 is 1.17 bits per heavy atom. The normalized spacial score (nSPS) is 20.5. The van der Waals surface area contributed by atoms with E-state index in [2.05, 4.69) is 15.2 Å². The van der Waals surface area contributed by atoms with Crippen LogP contribution in [0, 0.1) is 0 Å². The van der Waals surface area contributed by atoms with Crippen molar-refractivity contribution in [1.82, 2.24) is 9.88 Å². The summed E-state index contributed by atoms with van der Waals surface area (Å²) in [5, 5.41) is 5.67. The number of likely N-dealkylation sites (tertiary alicyclic amines) is 1. The molecule has 1 aromatic heterocycles. The van der Waals surface area contributed by atoms with Crippen molar-refractivity contribution in [1.29, 1.82) is 0 Å². The van der Waals surface area contributed by atoms with Crippen molar-refractivity contribution >= 4 is 47.2 Å². The van der Waals surface area contributed by atoms with Gasteiger partial charge in [-0.05, 0) is 38.8 Å². The molecule has 1 amide bonds. The molecule has 2 aliphatic rings. The fourth-order valence-corrected chi connectivity index (χ4v) is 4.11. The fourth-order valence-electron chi connectivity index (χ4n) is 3.41. The van der Waals surface area contributed by atoms with Crippen molar-refractivity contribution < 1.29 is 4.79 Å². The van der Waals surface area contributed by atoms with Crippen molar-refractivity contribution in [2.24, 2.45) is 5.73 Å². The number of halogens is 2. The maximum atomic E-state index is 12.4. The average Bonchev–Trinajstić information content (AvgIpc) is 2.96. The molecule has 1 aromatic rings. The van der Waals surface area contributed by atoms with Crippen LogP contribution in [0.1, 0.15) is 57.1 Å². The van der Waals surface area contributed by atoms with E-state index in [1.165, 1.54) is 37.0 Å². The van der Waals surface area contributed by atoms with Gasteiger partial charge in [-0.3, -0.25) is 9.69 Å². The molecule has 0 atom stereocenters. The van der Waals surface area contributed by atoms with Gasteiger partial charge in [-0.25, -0.2) is 4.98 Å². The zero-order valence-corrected chi connectivity index (χ0v) is 16.4. The highest BCUT2D eigenvalue weighted by atomic mass is 35.5. The zero-order valence-electron chi connectivity index (χ0n) is 14.0. The maximum Gasteiger partial charge on any atom is 0.246 e. The van der Waals surface area contributed by atoms with E-state index >= 15 is 0 Å². The van der Waals surface area contributed by atoms with Crippen molar-refractivity contribution in [3.05, 3.63) is 11.1 Å². The second-order valence-corrected chi connectivity index (χ2v) is 7.51. The predicted octanol–water partition coefficient (Wildman–Crippen LogP) is 3.57. The summed E-state index contributed by atoms with van der Waals surface area (Å²) < 4.78 is 0. The number of hydrogen-bond donors (Lipinski definition) is 2. The van der Waals surface area contributed by atoms with Crippen LogP contribution in [0.15, 0.2) is 5.38 Å². The van der Waals surface area contributed by atoms with Crippen LogP contribution in [0.25, 0.3) is 0 Å². The van der Waals surface area contributed by atoms with Crippen LogP contribution in [-0.2, 0) is 11.3 Å². The minimum absolute atomic E-state index is 0. The summed E-state index contributed by atoms with van der Waals surface area (Å²) in [5.74, 6) is -0.0638. The molecule has 0 aromatic carbocycles. The van der Waals surface area contributed by atoms with Gasteiger partial charge in [-0.2, -0.15) is 0 Å². The number of carbonyl (C=O) groups is 1. The Morgan fingerprint density at radius 3 is 2.46 bits per heavy atom. The summed E-state index contributed by atoms with van der Waals surface area (Å²) in [6.45, 7) is 3.20. The molecule has 138 valence electrons. The summed E-state index contributed by atoms with van der Waals surface area (Å²) in [5.41, 5.74) is 6.62. The number of nitrogens with two attached hydrogens (primary N) is 1. The number of aromatic nitrogens is 1. The zero-order chi connectivity index (χ0) is 15.4. The molecule has 1 saturated carbocycles. The summed E-state index contributed by atoms with van der Waals surface area (Å²) in [6.07, 6.45) is 8.74. The van der Waals surface area contributed by atoms with Gasteiger partial charge in [-0.1, -0.05) is 25.7 Å². The number of nitrogens with one attached hydrogen (secondary N) is 1. The van der Waals surface area contributed by atoms with Gasteiger partial charge in [0.2, 0.25) is 5.91 Å². The van der Waals surface area contributed by atoms with Crippen molar-refractivity contribution in [3.63, 3.8) is 0 Å². The number of piperidine rings is 1. The lowest BCUT2D eigenvalue weighted by molar-refractivity contribution is -0.122. The molecule has 0 radical (unpaired) electrons.